The lowest BCUT2D eigenvalue weighted by molar-refractivity contribution is 0.477. The lowest BCUT2D eigenvalue weighted by Gasteiger charge is -2.30. The number of piperazine rings is 1. The van der Waals surface area contributed by atoms with E-state index in [-0.39, 0.29) is 18.2 Å². The first-order chi connectivity index (χ1) is 9.75. The van der Waals surface area contributed by atoms with Crippen LogP contribution in [0.5, 0.6) is 5.75 Å². The minimum Gasteiger partial charge on any atom is -0.507 e. The average molecular weight is 308 g/mol. The molecular formula is C14H18ClN5O. The number of halogens is 1. The zero-order chi connectivity index (χ0) is 13.9. The lowest BCUT2D eigenvalue weighted by Crippen LogP contribution is -2.43. The number of anilines is 2. The molecule has 4 N–H and O–H groups in total. The zero-order valence-corrected chi connectivity index (χ0v) is 12.3. The molecule has 6 nitrogen and oxygen atoms in total. The van der Waals surface area contributed by atoms with Crippen LogP contribution in [-0.4, -0.2) is 41.5 Å². The van der Waals surface area contributed by atoms with Crippen LogP contribution in [0.4, 0.5) is 11.5 Å². The normalized spacial score (nSPS) is 14.6. The minimum atomic E-state index is 0. The number of hydrogen-bond acceptors (Lipinski definition) is 6. The highest BCUT2D eigenvalue weighted by Gasteiger charge is 2.16. The van der Waals surface area contributed by atoms with E-state index in [1.54, 1.807) is 12.1 Å². The summed E-state index contributed by atoms with van der Waals surface area (Å²) in [6.07, 6.45) is 0. The second-order valence-electron chi connectivity index (χ2n) is 4.75. The Labute approximate surface area is 129 Å². The van der Waals surface area contributed by atoms with Gasteiger partial charge >= 0.3 is 0 Å². The van der Waals surface area contributed by atoms with Crippen LogP contribution in [0, 0.1) is 0 Å². The standard InChI is InChI=1S/C14H17N5O.ClH/c15-14-12(19-7-5-16-6-8-19)9-11(17-18-14)10-3-1-2-4-13(10)20;/h1-4,9,16,20H,5-8H2,(H2,15,18);1H. The Bertz CT molecular complexity index is 616. The lowest BCUT2D eigenvalue weighted by atomic mass is 10.1. The maximum atomic E-state index is 9.91. The molecule has 2 aromatic rings. The number of nitrogens with two attached hydrogens (primary N) is 1. The molecule has 0 aliphatic carbocycles. The van der Waals surface area contributed by atoms with Crippen molar-refractivity contribution in [3.8, 4) is 17.0 Å². The highest BCUT2D eigenvalue weighted by atomic mass is 35.5. The molecule has 1 aliphatic rings. The largest absolute Gasteiger partial charge is 0.507 e. The van der Waals surface area contributed by atoms with Crippen molar-refractivity contribution in [3.05, 3.63) is 30.3 Å². The number of nitrogens with zero attached hydrogens (tertiary/aromatic N) is 3. The van der Waals surface area contributed by atoms with Gasteiger partial charge in [-0.1, -0.05) is 12.1 Å². The number of aromatic nitrogens is 2. The zero-order valence-electron chi connectivity index (χ0n) is 11.5. The van der Waals surface area contributed by atoms with E-state index >= 15 is 0 Å². The molecule has 0 saturated carbocycles. The molecule has 1 aromatic heterocycles. The number of nitrogens with one attached hydrogen (secondary N) is 1. The molecule has 2 heterocycles. The fraction of sp³-hybridized carbons (Fsp3) is 0.286. The Morgan fingerprint density at radius 1 is 1.14 bits per heavy atom. The van der Waals surface area contributed by atoms with Crippen molar-refractivity contribution in [3.63, 3.8) is 0 Å². The van der Waals surface area contributed by atoms with Crippen molar-refractivity contribution in [2.75, 3.05) is 36.8 Å². The average Bonchev–Trinajstić information content (AvgIpc) is 2.49. The predicted molar refractivity (Wildman–Crippen MR) is 85.9 cm³/mol. The first kappa shape index (κ1) is 15.3. The Morgan fingerprint density at radius 2 is 1.86 bits per heavy atom. The maximum Gasteiger partial charge on any atom is 0.169 e. The first-order valence-electron chi connectivity index (χ1n) is 6.63. The van der Waals surface area contributed by atoms with E-state index in [0.717, 1.165) is 31.9 Å². The molecule has 112 valence electrons. The highest BCUT2D eigenvalue weighted by molar-refractivity contribution is 5.85. The van der Waals surface area contributed by atoms with Crippen LogP contribution in [-0.2, 0) is 0 Å². The van der Waals surface area contributed by atoms with E-state index in [4.69, 9.17) is 5.73 Å². The molecule has 0 atom stereocenters. The van der Waals surface area contributed by atoms with Crippen molar-refractivity contribution in [2.24, 2.45) is 0 Å². The van der Waals surface area contributed by atoms with Gasteiger partial charge in [0.2, 0.25) is 0 Å². The number of phenolic OH excluding ortho intramolecular Hbond substituents is 1. The molecular weight excluding hydrogens is 290 g/mol. The maximum absolute atomic E-state index is 9.91. The van der Waals surface area contributed by atoms with Gasteiger partial charge in [-0.3, -0.25) is 0 Å². The SMILES string of the molecule is Cl.Nc1nnc(-c2ccccc2O)cc1N1CCNCC1. The number of phenols is 1. The summed E-state index contributed by atoms with van der Waals surface area (Å²) in [6, 6.07) is 8.98. The molecule has 7 heteroatoms. The van der Waals surface area contributed by atoms with Gasteiger partial charge in [-0.25, -0.2) is 0 Å². The number of aromatic hydroxyl groups is 1. The Balaban J connectivity index is 0.00000161. The number of rotatable bonds is 2. The predicted octanol–water partition coefficient (Wildman–Crippen LogP) is 1.26. The third kappa shape index (κ3) is 3.17. The molecule has 1 aromatic carbocycles. The van der Waals surface area contributed by atoms with Crippen molar-refractivity contribution in [1.82, 2.24) is 15.5 Å². The first-order valence-corrected chi connectivity index (χ1v) is 6.63. The van der Waals surface area contributed by atoms with Crippen molar-refractivity contribution in [2.45, 2.75) is 0 Å². The van der Waals surface area contributed by atoms with Crippen LogP contribution in [0.15, 0.2) is 30.3 Å². The molecule has 0 radical (unpaired) electrons. The van der Waals surface area contributed by atoms with E-state index in [1.807, 2.05) is 18.2 Å². The quantitative estimate of drug-likeness (QED) is 0.774. The van der Waals surface area contributed by atoms with Gasteiger partial charge in [-0.15, -0.1) is 22.6 Å². The van der Waals surface area contributed by atoms with E-state index in [1.165, 1.54) is 0 Å². The monoisotopic (exact) mass is 307 g/mol. The van der Waals surface area contributed by atoms with Gasteiger partial charge in [0.25, 0.3) is 0 Å². The van der Waals surface area contributed by atoms with Crippen molar-refractivity contribution < 1.29 is 5.11 Å². The number of nitrogen functional groups attached to an aromatic ring is 1. The summed E-state index contributed by atoms with van der Waals surface area (Å²) >= 11 is 0. The van der Waals surface area contributed by atoms with Gasteiger partial charge in [-0.2, -0.15) is 0 Å². The molecule has 21 heavy (non-hydrogen) atoms. The second-order valence-corrected chi connectivity index (χ2v) is 4.75. The molecule has 0 spiro atoms. The molecule has 0 amide bonds. The summed E-state index contributed by atoms with van der Waals surface area (Å²) in [7, 11) is 0. The van der Waals surface area contributed by atoms with Crippen LogP contribution in [0.1, 0.15) is 0 Å². The van der Waals surface area contributed by atoms with Gasteiger partial charge in [0.05, 0.1) is 11.4 Å². The fourth-order valence-corrected chi connectivity index (χ4v) is 2.37. The van der Waals surface area contributed by atoms with Gasteiger partial charge in [0.15, 0.2) is 5.82 Å². The molecule has 1 saturated heterocycles. The smallest absolute Gasteiger partial charge is 0.169 e. The highest BCUT2D eigenvalue weighted by Crippen LogP contribution is 2.31. The van der Waals surface area contributed by atoms with Crippen molar-refractivity contribution in [1.29, 1.82) is 0 Å². The third-order valence-corrected chi connectivity index (χ3v) is 3.44. The van der Waals surface area contributed by atoms with Crippen LogP contribution in [0.3, 0.4) is 0 Å². The van der Waals surface area contributed by atoms with Gasteiger partial charge in [0, 0.05) is 31.7 Å². The van der Waals surface area contributed by atoms with Crippen LogP contribution < -0.4 is 16.0 Å². The summed E-state index contributed by atoms with van der Waals surface area (Å²) in [5.74, 6) is 0.615. The summed E-state index contributed by atoms with van der Waals surface area (Å²) in [6.45, 7) is 3.62. The molecule has 1 aliphatic heterocycles. The molecule has 0 bridgehead atoms. The summed E-state index contributed by atoms with van der Waals surface area (Å²) in [4.78, 5) is 2.18. The van der Waals surface area contributed by atoms with Gasteiger partial charge in [0.1, 0.15) is 5.75 Å². The molecule has 1 fully saturated rings. The topological polar surface area (TPSA) is 87.3 Å². The Kier molecular flexibility index (Phi) is 4.82. The third-order valence-electron chi connectivity index (χ3n) is 3.44. The summed E-state index contributed by atoms with van der Waals surface area (Å²) < 4.78 is 0. The van der Waals surface area contributed by atoms with E-state index < -0.39 is 0 Å². The van der Waals surface area contributed by atoms with Crippen LogP contribution in [0.2, 0.25) is 0 Å². The number of para-hydroxylation sites is 1. The van der Waals surface area contributed by atoms with Gasteiger partial charge < -0.3 is 21.1 Å². The van der Waals surface area contributed by atoms with Crippen LogP contribution in [0.25, 0.3) is 11.3 Å². The van der Waals surface area contributed by atoms with Crippen LogP contribution >= 0.6 is 12.4 Å². The summed E-state index contributed by atoms with van der Waals surface area (Å²) in [5, 5.41) is 21.3. The van der Waals surface area contributed by atoms with Gasteiger partial charge in [-0.05, 0) is 18.2 Å². The van der Waals surface area contributed by atoms with E-state index in [0.29, 0.717) is 17.1 Å². The number of hydrogen-bond donors (Lipinski definition) is 3. The second kappa shape index (κ2) is 6.60. The fourth-order valence-electron chi connectivity index (χ4n) is 2.37. The minimum absolute atomic E-state index is 0. The Hall–Kier alpha value is -2.05. The van der Waals surface area contributed by atoms with E-state index in [2.05, 4.69) is 20.4 Å². The Morgan fingerprint density at radius 3 is 2.57 bits per heavy atom. The molecule has 3 rings (SSSR count). The number of benzene rings is 1. The van der Waals surface area contributed by atoms with E-state index in [9.17, 15) is 5.11 Å². The summed E-state index contributed by atoms with van der Waals surface area (Å²) in [5.41, 5.74) is 8.11. The van der Waals surface area contributed by atoms with Crippen molar-refractivity contribution >= 4 is 23.9 Å². The molecule has 0 unspecified atom stereocenters.